The molecule has 2 heterocycles. The highest BCUT2D eigenvalue weighted by Crippen LogP contribution is 2.30. The Hall–Kier alpha value is -1.84. The number of aryl methyl sites for hydroxylation is 1. The van der Waals surface area contributed by atoms with Gasteiger partial charge in [-0.25, -0.2) is 0 Å². The molecule has 1 aliphatic rings. The zero-order valence-corrected chi connectivity index (χ0v) is 14.9. The summed E-state index contributed by atoms with van der Waals surface area (Å²) in [5, 5.41) is 0. The number of allylic oxidation sites excluding steroid dienone is 2. The zero-order chi connectivity index (χ0) is 17.3. The Balaban J connectivity index is 2.44. The van der Waals surface area contributed by atoms with E-state index in [9.17, 15) is 9.59 Å². The first-order chi connectivity index (χ1) is 10.8. The minimum atomic E-state index is -0.124. The third-order valence-electron chi connectivity index (χ3n) is 4.86. The molecule has 126 valence electrons. The standard InChI is InChI=1S/C19H26O4/c1-7-14-10(3)18(20)12(5)16(22-14)9-17-13(6)19(21)11(4)15(8-2)23-17/h10,14H,7-9H2,1-6H3/t10-,14-/m0/s1. The zero-order valence-electron chi connectivity index (χ0n) is 14.9. The quantitative estimate of drug-likeness (QED) is 0.850. The average molecular weight is 318 g/mol. The maximum absolute atomic E-state index is 12.4. The van der Waals surface area contributed by atoms with Crippen LogP contribution in [0.15, 0.2) is 20.5 Å². The van der Waals surface area contributed by atoms with Crippen molar-refractivity contribution in [3.8, 4) is 0 Å². The van der Waals surface area contributed by atoms with Gasteiger partial charge in [0.05, 0.1) is 12.3 Å². The largest absolute Gasteiger partial charge is 0.493 e. The SMILES string of the molecule is CCc1oc(CC2=C(C)C(=O)[C@@H](C)[C@H](CC)O2)c(C)c(=O)c1C. The number of ketones is 1. The van der Waals surface area contributed by atoms with E-state index in [1.807, 2.05) is 20.8 Å². The Kier molecular flexibility index (Phi) is 5.12. The van der Waals surface area contributed by atoms with Crippen LogP contribution in [0, 0.1) is 19.8 Å². The van der Waals surface area contributed by atoms with Crippen molar-refractivity contribution in [3.05, 3.63) is 44.2 Å². The van der Waals surface area contributed by atoms with Crippen LogP contribution in [-0.4, -0.2) is 11.9 Å². The molecule has 4 nitrogen and oxygen atoms in total. The van der Waals surface area contributed by atoms with E-state index in [1.54, 1.807) is 20.8 Å². The lowest BCUT2D eigenvalue weighted by Crippen LogP contribution is -2.34. The Labute approximate surface area is 137 Å². The maximum atomic E-state index is 12.4. The van der Waals surface area contributed by atoms with Gasteiger partial charge in [-0.1, -0.05) is 20.8 Å². The summed E-state index contributed by atoms with van der Waals surface area (Å²) in [4.78, 5) is 24.7. The van der Waals surface area contributed by atoms with Crippen molar-refractivity contribution >= 4 is 5.78 Å². The molecule has 0 saturated heterocycles. The molecule has 0 radical (unpaired) electrons. The van der Waals surface area contributed by atoms with E-state index in [1.165, 1.54) is 0 Å². The lowest BCUT2D eigenvalue weighted by atomic mass is 9.89. The van der Waals surface area contributed by atoms with Gasteiger partial charge in [0.25, 0.3) is 0 Å². The van der Waals surface area contributed by atoms with Gasteiger partial charge >= 0.3 is 0 Å². The highest BCUT2D eigenvalue weighted by atomic mass is 16.5. The van der Waals surface area contributed by atoms with Gasteiger partial charge in [0.1, 0.15) is 23.4 Å². The molecular formula is C19H26O4. The Morgan fingerprint density at radius 2 is 1.61 bits per heavy atom. The summed E-state index contributed by atoms with van der Waals surface area (Å²) < 4.78 is 12.0. The topological polar surface area (TPSA) is 56.5 Å². The summed E-state index contributed by atoms with van der Waals surface area (Å²) >= 11 is 0. The maximum Gasteiger partial charge on any atom is 0.191 e. The molecule has 1 aromatic heterocycles. The predicted molar refractivity (Wildman–Crippen MR) is 89.6 cm³/mol. The van der Waals surface area contributed by atoms with Crippen LogP contribution < -0.4 is 5.43 Å². The van der Waals surface area contributed by atoms with Crippen molar-refractivity contribution in [2.75, 3.05) is 0 Å². The van der Waals surface area contributed by atoms with Crippen LogP contribution in [0.3, 0.4) is 0 Å². The summed E-state index contributed by atoms with van der Waals surface area (Å²) in [6.45, 7) is 11.2. The molecular weight excluding hydrogens is 292 g/mol. The lowest BCUT2D eigenvalue weighted by molar-refractivity contribution is -0.125. The summed E-state index contributed by atoms with van der Waals surface area (Å²) in [5.41, 5.74) is 1.93. The van der Waals surface area contributed by atoms with E-state index in [0.29, 0.717) is 46.8 Å². The first kappa shape index (κ1) is 17.5. The van der Waals surface area contributed by atoms with Gasteiger partial charge in [0.15, 0.2) is 11.2 Å². The minimum Gasteiger partial charge on any atom is -0.493 e. The normalized spacial score (nSPS) is 21.6. The number of rotatable bonds is 4. The number of hydrogen-bond acceptors (Lipinski definition) is 4. The third-order valence-corrected chi connectivity index (χ3v) is 4.86. The van der Waals surface area contributed by atoms with Gasteiger partial charge in [-0.15, -0.1) is 0 Å². The second-order valence-electron chi connectivity index (χ2n) is 6.32. The number of ether oxygens (including phenoxy) is 1. The molecule has 0 unspecified atom stereocenters. The van der Waals surface area contributed by atoms with Crippen LogP contribution in [0.2, 0.25) is 0 Å². The molecule has 23 heavy (non-hydrogen) atoms. The van der Waals surface area contributed by atoms with Gasteiger partial charge in [-0.2, -0.15) is 0 Å². The fourth-order valence-electron chi connectivity index (χ4n) is 3.12. The second-order valence-corrected chi connectivity index (χ2v) is 6.32. The fraction of sp³-hybridized carbons (Fsp3) is 0.579. The van der Waals surface area contributed by atoms with E-state index in [4.69, 9.17) is 9.15 Å². The van der Waals surface area contributed by atoms with Crippen LogP contribution in [0.5, 0.6) is 0 Å². The van der Waals surface area contributed by atoms with Crippen molar-refractivity contribution in [3.63, 3.8) is 0 Å². The molecule has 0 aliphatic carbocycles. The van der Waals surface area contributed by atoms with E-state index < -0.39 is 0 Å². The molecule has 0 N–H and O–H groups in total. The van der Waals surface area contributed by atoms with Gasteiger partial charge in [0, 0.05) is 23.1 Å². The van der Waals surface area contributed by atoms with E-state index in [0.717, 1.165) is 6.42 Å². The predicted octanol–water partition coefficient (Wildman–Crippen LogP) is 3.65. The van der Waals surface area contributed by atoms with Crippen LogP contribution in [0.4, 0.5) is 0 Å². The van der Waals surface area contributed by atoms with Crippen LogP contribution in [0.25, 0.3) is 0 Å². The molecule has 1 aliphatic heterocycles. The molecule has 2 atom stereocenters. The van der Waals surface area contributed by atoms with Crippen LogP contribution >= 0.6 is 0 Å². The summed E-state index contributed by atoms with van der Waals surface area (Å²) in [6, 6.07) is 0. The van der Waals surface area contributed by atoms with Crippen molar-refractivity contribution in [1.29, 1.82) is 0 Å². The Bertz CT molecular complexity index is 709. The van der Waals surface area contributed by atoms with Gasteiger partial charge in [-0.3, -0.25) is 9.59 Å². The van der Waals surface area contributed by atoms with E-state index in [2.05, 4.69) is 0 Å². The molecule has 0 aromatic carbocycles. The highest BCUT2D eigenvalue weighted by Gasteiger charge is 2.33. The van der Waals surface area contributed by atoms with Crippen molar-refractivity contribution in [1.82, 2.24) is 0 Å². The number of carbonyl (C=O) groups is 1. The molecule has 4 heteroatoms. The molecule has 2 rings (SSSR count). The lowest BCUT2D eigenvalue weighted by Gasteiger charge is -2.31. The Morgan fingerprint density at radius 1 is 1.00 bits per heavy atom. The Morgan fingerprint density at radius 3 is 2.17 bits per heavy atom. The summed E-state index contributed by atoms with van der Waals surface area (Å²) in [5.74, 6) is 1.94. The molecule has 0 bridgehead atoms. The summed E-state index contributed by atoms with van der Waals surface area (Å²) in [7, 11) is 0. The van der Waals surface area contributed by atoms with Crippen LogP contribution in [-0.2, 0) is 22.4 Å². The summed E-state index contributed by atoms with van der Waals surface area (Å²) in [6.07, 6.45) is 1.70. The first-order valence-corrected chi connectivity index (χ1v) is 8.34. The number of Topliss-reactive ketones (excluding diaryl/α,β-unsaturated/α-hetero) is 1. The van der Waals surface area contributed by atoms with Crippen LogP contribution in [0.1, 0.15) is 56.8 Å². The monoisotopic (exact) mass is 318 g/mol. The van der Waals surface area contributed by atoms with Crippen molar-refractivity contribution in [2.24, 2.45) is 5.92 Å². The fourth-order valence-corrected chi connectivity index (χ4v) is 3.12. The minimum absolute atomic E-state index is 0.0175. The van der Waals surface area contributed by atoms with E-state index in [-0.39, 0.29) is 23.2 Å². The van der Waals surface area contributed by atoms with Crippen molar-refractivity contribution in [2.45, 2.75) is 66.9 Å². The molecule has 0 fully saturated rings. The van der Waals surface area contributed by atoms with E-state index >= 15 is 0 Å². The molecule has 0 spiro atoms. The molecule has 0 amide bonds. The number of hydrogen-bond donors (Lipinski definition) is 0. The number of carbonyl (C=O) groups excluding carboxylic acids is 1. The van der Waals surface area contributed by atoms with Crippen molar-refractivity contribution < 1.29 is 13.9 Å². The smallest absolute Gasteiger partial charge is 0.191 e. The molecule has 1 aromatic rings. The molecule has 0 saturated carbocycles. The first-order valence-electron chi connectivity index (χ1n) is 8.34. The third kappa shape index (κ3) is 3.12. The second kappa shape index (κ2) is 6.73. The highest BCUT2D eigenvalue weighted by molar-refractivity contribution is 5.98. The van der Waals surface area contributed by atoms with Gasteiger partial charge in [0.2, 0.25) is 0 Å². The van der Waals surface area contributed by atoms with Gasteiger partial charge < -0.3 is 9.15 Å². The average Bonchev–Trinajstić information content (AvgIpc) is 2.55. The van der Waals surface area contributed by atoms with Gasteiger partial charge in [-0.05, 0) is 27.2 Å².